The van der Waals surface area contributed by atoms with Gasteiger partial charge in [-0.1, -0.05) is 23.8 Å². The highest BCUT2D eigenvalue weighted by Gasteiger charge is 2.23. The molecule has 6 heteroatoms. The third-order valence-corrected chi connectivity index (χ3v) is 5.35. The van der Waals surface area contributed by atoms with Crippen molar-refractivity contribution >= 4 is 21.7 Å². The van der Waals surface area contributed by atoms with Gasteiger partial charge in [-0.3, -0.25) is 0 Å². The fourth-order valence-corrected chi connectivity index (χ4v) is 3.76. The number of hydrogen-bond acceptors (Lipinski definition) is 4. The molecule has 0 bridgehead atoms. The average Bonchev–Trinajstić information content (AvgIpc) is 2.96. The Morgan fingerprint density at radius 3 is 2.46 bits per heavy atom. The van der Waals surface area contributed by atoms with Gasteiger partial charge in [0.2, 0.25) is 0 Å². The molecular formula is C18H17NO4S. The Morgan fingerprint density at radius 1 is 1.08 bits per heavy atom. The van der Waals surface area contributed by atoms with E-state index in [4.69, 9.17) is 4.74 Å². The molecule has 0 saturated heterocycles. The maximum absolute atomic E-state index is 12.5. The lowest BCUT2D eigenvalue weighted by Gasteiger charge is -2.05. The molecule has 2 aromatic rings. The lowest BCUT2D eigenvalue weighted by Crippen LogP contribution is -2.06. The van der Waals surface area contributed by atoms with Crippen LogP contribution in [0.15, 0.2) is 51.8 Å². The summed E-state index contributed by atoms with van der Waals surface area (Å²) in [6.45, 7) is 1.89. The first-order chi connectivity index (χ1) is 11.4. The molecule has 124 valence electrons. The third-order valence-electron chi connectivity index (χ3n) is 4.02. The van der Waals surface area contributed by atoms with Crippen molar-refractivity contribution in [1.82, 2.24) is 0 Å². The van der Waals surface area contributed by atoms with Gasteiger partial charge in [0.25, 0.3) is 10.0 Å². The van der Waals surface area contributed by atoms with Crippen LogP contribution in [-0.2, 0) is 21.2 Å². The maximum atomic E-state index is 12.5. The van der Waals surface area contributed by atoms with E-state index >= 15 is 0 Å². The number of esters is 1. The molecule has 0 amide bonds. The van der Waals surface area contributed by atoms with Crippen molar-refractivity contribution < 1.29 is 17.9 Å². The highest BCUT2D eigenvalue weighted by Crippen LogP contribution is 2.26. The number of methoxy groups -OCH3 is 1. The van der Waals surface area contributed by atoms with Crippen LogP contribution in [0.3, 0.4) is 0 Å². The zero-order chi connectivity index (χ0) is 17.3. The first-order valence-electron chi connectivity index (χ1n) is 7.53. The molecular weight excluding hydrogens is 326 g/mol. The van der Waals surface area contributed by atoms with Crippen molar-refractivity contribution in [2.45, 2.75) is 24.7 Å². The molecule has 0 fully saturated rings. The predicted octanol–water partition coefficient (Wildman–Crippen LogP) is 2.91. The van der Waals surface area contributed by atoms with Crippen molar-refractivity contribution in [2.75, 3.05) is 7.11 Å². The van der Waals surface area contributed by atoms with E-state index in [1.807, 2.05) is 13.0 Å². The molecule has 2 aromatic carbocycles. The number of hydrogen-bond donors (Lipinski definition) is 0. The molecule has 24 heavy (non-hydrogen) atoms. The zero-order valence-electron chi connectivity index (χ0n) is 13.4. The van der Waals surface area contributed by atoms with Crippen LogP contribution in [0.4, 0.5) is 0 Å². The summed E-state index contributed by atoms with van der Waals surface area (Å²) in [7, 11) is -2.46. The number of fused-ring (bicyclic) bond motifs is 1. The van der Waals surface area contributed by atoms with Gasteiger partial charge < -0.3 is 4.74 Å². The summed E-state index contributed by atoms with van der Waals surface area (Å²) in [5.74, 6) is -0.453. The van der Waals surface area contributed by atoms with Crippen LogP contribution in [0, 0.1) is 6.92 Å². The van der Waals surface area contributed by atoms with E-state index in [2.05, 4.69) is 4.40 Å². The Bertz CT molecular complexity index is 928. The smallest absolute Gasteiger partial charge is 0.337 e. The first-order valence-corrected chi connectivity index (χ1v) is 8.97. The Hall–Kier alpha value is -2.47. The maximum Gasteiger partial charge on any atom is 0.337 e. The van der Waals surface area contributed by atoms with Gasteiger partial charge in [0, 0.05) is 5.56 Å². The van der Waals surface area contributed by atoms with Crippen LogP contribution in [0.25, 0.3) is 0 Å². The number of aryl methyl sites for hydroxylation is 2. The van der Waals surface area contributed by atoms with E-state index in [1.165, 1.54) is 7.11 Å². The Labute approximate surface area is 141 Å². The van der Waals surface area contributed by atoms with Crippen LogP contribution in [-0.4, -0.2) is 27.2 Å². The standard InChI is InChI=1S/C18H17NO4S/c1-12-3-8-15(9-4-12)24(21,22)19-17-10-7-13-5-6-14(11-16(13)17)18(20)23-2/h3-6,8-9,11H,7,10H2,1-2H3. The molecule has 0 atom stereocenters. The molecule has 1 aliphatic carbocycles. The SMILES string of the molecule is COC(=O)c1ccc2c(c1)C(=NS(=O)(=O)c1ccc(C)cc1)CC2. The molecule has 5 nitrogen and oxygen atoms in total. The molecule has 3 rings (SSSR count). The number of sulfonamides is 1. The summed E-state index contributed by atoms with van der Waals surface area (Å²) in [6, 6.07) is 11.7. The van der Waals surface area contributed by atoms with E-state index in [1.54, 1.807) is 36.4 Å². The van der Waals surface area contributed by atoms with Gasteiger partial charge in [0.15, 0.2) is 0 Å². The molecule has 0 aliphatic heterocycles. The molecule has 0 N–H and O–H groups in total. The summed E-state index contributed by atoms with van der Waals surface area (Å²) in [4.78, 5) is 11.8. The number of ether oxygens (including phenoxy) is 1. The van der Waals surface area contributed by atoms with E-state index < -0.39 is 16.0 Å². The van der Waals surface area contributed by atoms with Crippen molar-refractivity contribution in [3.63, 3.8) is 0 Å². The van der Waals surface area contributed by atoms with Gasteiger partial charge in [-0.05, 0) is 49.6 Å². The van der Waals surface area contributed by atoms with Gasteiger partial charge in [-0.2, -0.15) is 12.8 Å². The van der Waals surface area contributed by atoms with Crippen molar-refractivity contribution in [2.24, 2.45) is 4.40 Å². The van der Waals surface area contributed by atoms with Crippen LogP contribution in [0.5, 0.6) is 0 Å². The summed E-state index contributed by atoms with van der Waals surface area (Å²) in [6.07, 6.45) is 1.24. The second-order valence-electron chi connectivity index (χ2n) is 5.69. The molecule has 0 unspecified atom stereocenters. The summed E-state index contributed by atoms with van der Waals surface area (Å²) < 4.78 is 33.7. The lowest BCUT2D eigenvalue weighted by molar-refractivity contribution is 0.0600. The van der Waals surface area contributed by atoms with Gasteiger partial charge in [-0.25, -0.2) is 4.79 Å². The summed E-state index contributed by atoms with van der Waals surface area (Å²) >= 11 is 0. The second-order valence-corrected chi connectivity index (χ2v) is 7.29. The van der Waals surface area contributed by atoms with Crippen molar-refractivity contribution in [1.29, 1.82) is 0 Å². The highest BCUT2D eigenvalue weighted by atomic mass is 32.2. The van der Waals surface area contributed by atoms with Crippen LogP contribution >= 0.6 is 0 Å². The minimum absolute atomic E-state index is 0.165. The number of rotatable bonds is 3. The second kappa shape index (κ2) is 6.20. The third kappa shape index (κ3) is 3.10. The van der Waals surface area contributed by atoms with Crippen LogP contribution in [0.2, 0.25) is 0 Å². The quantitative estimate of drug-likeness (QED) is 0.803. The largest absolute Gasteiger partial charge is 0.465 e. The number of carbonyl (C=O) groups is 1. The van der Waals surface area contributed by atoms with E-state index in [0.717, 1.165) is 11.1 Å². The Balaban J connectivity index is 2.02. The topological polar surface area (TPSA) is 72.8 Å². The van der Waals surface area contributed by atoms with Gasteiger partial charge in [0.05, 0.1) is 23.3 Å². The molecule has 0 saturated carbocycles. The lowest BCUT2D eigenvalue weighted by atomic mass is 10.1. The van der Waals surface area contributed by atoms with E-state index in [-0.39, 0.29) is 4.90 Å². The Kier molecular flexibility index (Phi) is 4.24. The van der Waals surface area contributed by atoms with Crippen molar-refractivity contribution in [3.8, 4) is 0 Å². The number of nitrogens with zero attached hydrogens (tertiary/aromatic N) is 1. The highest BCUT2D eigenvalue weighted by molar-refractivity contribution is 7.90. The fraction of sp³-hybridized carbons (Fsp3) is 0.222. The normalized spacial score (nSPS) is 15.3. The average molecular weight is 343 g/mol. The van der Waals surface area contributed by atoms with Gasteiger partial charge >= 0.3 is 5.97 Å². The summed E-state index contributed by atoms with van der Waals surface area (Å²) in [5.41, 5.74) is 3.54. The monoisotopic (exact) mass is 343 g/mol. The number of benzene rings is 2. The molecule has 0 heterocycles. The minimum atomic E-state index is -3.77. The molecule has 1 aliphatic rings. The zero-order valence-corrected chi connectivity index (χ0v) is 14.3. The van der Waals surface area contributed by atoms with Crippen molar-refractivity contribution in [3.05, 3.63) is 64.7 Å². The fourth-order valence-electron chi connectivity index (χ4n) is 2.70. The minimum Gasteiger partial charge on any atom is -0.465 e. The molecule has 0 aromatic heterocycles. The molecule has 0 spiro atoms. The number of carbonyl (C=O) groups excluding carboxylic acids is 1. The Morgan fingerprint density at radius 2 is 1.79 bits per heavy atom. The van der Waals surface area contributed by atoms with Crippen LogP contribution < -0.4 is 0 Å². The van der Waals surface area contributed by atoms with Crippen LogP contribution in [0.1, 0.15) is 33.5 Å². The first kappa shape index (κ1) is 16.4. The molecule has 0 radical (unpaired) electrons. The van der Waals surface area contributed by atoms with E-state index in [0.29, 0.717) is 29.7 Å². The predicted molar refractivity (Wildman–Crippen MR) is 91.0 cm³/mol. The summed E-state index contributed by atoms with van der Waals surface area (Å²) in [5, 5.41) is 0. The van der Waals surface area contributed by atoms with E-state index in [9.17, 15) is 13.2 Å². The van der Waals surface area contributed by atoms with Gasteiger partial charge in [0.1, 0.15) is 0 Å². The van der Waals surface area contributed by atoms with Gasteiger partial charge in [-0.15, -0.1) is 0 Å².